The zero-order chi connectivity index (χ0) is 16.1. The highest BCUT2D eigenvalue weighted by molar-refractivity contribution is 5.80. The van der Waals surface area contributed by atoms with Crippen LogP contribution in [0.2, 0.25) is 0 Å². The average molecular weight is 300 g/mol. The van der Waals surface area contributed by atoms with Crippen molar-refractivity contribution in [1.29, 1.82) is 0 Å². The first kappa shape index (κ1) is 17.9. The molecule has 0 bridgehead atoms. The largest absolute Gasteiger partial charge is 0.466 e. The predicted molar refractivity (Wildman–Crippen MR) is 79.4 cm³/mol. The van der Waals surface area contributed by atoms with Crippen molar-refractivity contribution in [3.8, 4) is 0 Å². The molecule has 4 N–H and O–H groups in total. The van der Waals surface area contributed by atoms with Gasteiger partial charge in [-0.2, -0.15) is 0 Å². The van der Waals surface area contributed by atoms with Gasteiger partial charge in [0.05, 0.1) is 23.5 Å². The van der Waals surface area contributed by atoms with Crippen LogP contribution in [0.5, 0.6) is 0 Å². The summed E-state index contributed by atoms with van der Waals surface area (Å²) in [5, 5.41) is 13.6. The van der Waals surface area contributed by atoms with E-state index in [4.69, 9.17) is 10.5 Å². The van der Waals surface area contributed by atoms with Gasteiger partial charge in [-0.1, -0.05) is 0 Å². The second kappa shape index (κ2) is 7.22. The summed E-state index contributed by atoms with van der Waals surface area (Å²) in [7, 11) is 0. The first-order valence-electron chi connectivity index (χ1n) is 7.60. The molecule has 6 heteroatoms. The van der Waals surface area contributed by atoms with Crippen LogP contribution >= 0.6 is 0 Å². The average Bonchev–Trinajstić information content (AvgIpc) is 2.39. The highest BCUT2D eigenvalue weighted by Gasteiger charge is 2.36. The first-order chi connectivity index (χ1) is 9.70. The van der Waals surface area contributed by atoms with E-state index in [1.165, 1.54) is 0 Å². The number of hydrogen-bond acceptors (Lipinski definition) is 5. The Hall–Kier alpha value is -1.14. The molecule has 0 aromatic heterocycles. The third-order valence-corrected chi connectivity index (χ3v) is 4.22. The molecule has 1 saturated carbocycles. The highest BCUT2D eigenvalue weighted by Crippen LogP contribution is 2.32. The molecular weight excluding hydrogens is 272 g/mol. The summed E-state index contributed by atoms with van der Waals surface area (Å²) in [5.74, 6) is -0.636. The minimum atomic E-state index is -0.823. The molecule has 0 atom stereocenters. The molecule has 0 aromatic rings. The smallest absolute Gasteiger partial charge is 0.308 e. The second-order valence-electron chi connectivity index (χ2n) is 6.60. The van der Waals surface area contributed by atoms with E-state index in [2.05, 4.69) is 5.32 Å². The molecule has 0 unspecified atom stereocenters. The molecule has 21 heavy (non-hydrogen) atoms. The topological polar surface area (TPSA) is 102 Å². The quantitative estimate of drug-likeness (QED) is 0.597. The van der Waals surface area contributed by atoms with Gasteiger partial charge >= 0.3 is 5.97 Å². The summed E-state index contributed by atoms with van der Waals surface area (Å²) >= 11 is 0. The SMILES string of the molecule is CCOC(=O)C1CCC(O)(CNCC(C)(C)C(N)=O)CC1. The Balaban J connectivity index is 2.37. The van der Waals surface area contributed by atoms with E-state index in [0.29, 0.717) is 45.4 Å². The van der Waals surface area contributed by atoms with Gasteiger partial charge in [-0.25, -0.2) is 0 Å². The van der Waals surface area contributed by atoms with E-state index >= 15 is 0 Å². The van der Waals surface area contributed by atoms with Crippen molar-refractivity contribution in [1.82, 2.24) is 5.32 Å². The molecule has 122 valence electrons. The second-order valence-corrected chi connectivity index (χ2v) is 6.60. The van der Waals surface area contributed by atoms with Crippen LogP contribution in [0.4, 0.5) is 0 Å². The molecule has 0 aromatic carbocycles. The third kappa shape index (κ3) is 5.28. The van der Waals surface area contributed by atoms with Gasteiger partial charge in [0.15, 0.2) is 0 Å². The van der Waals surface area contributed by atoms with Crippen LogP contribution in [0.1, 0.15) is 46.5 Å². The summed E-state index contributed by atoms with van der Waals surface area (Å²) in [4.78, 5) is 22.9. The van der Waals surface area contributed by atoms with Gasteiger partial charge in [-0.3, -0.25) is 9.59 Å². The van der Waals surface area contributed by atoms with E-state index in [1.54, 1.807) is 20.8 Å². The van der Waals surface area contributed by atoms with Crippen LogP contribution in [0, 0.1) is 11.3 Å². The zero-order valence-corrected chi connectivity index (χ0v) is 13.3. The molecule has 0 heterocycles. The van der Waals surface area contributed by atoms with Crippen LogP contribution in [0.25, 0.3) is 0 Å². The van der Waals surface area contributed by atoms with Gasteiger partial charge < -0.3 is 20.9 Å². The Morgan fingerprint density at radius 3 is 2.43 bits per heavy atom. The molecule has 0 aliphatic heterocycles. The number of hydrogen-bond donors (Lipinski definition) is 3. The van der Waals surface area contributed by atoms with Crippen molar-refractivity contribution in [2.24, 2.45) is 17.1 Å². The number of ether oxygens (including phenoxy) is 1. The zero-order valence-electron chi connectivity index (χ0n) is 13.3. The summed E-state index contributed by atoms with van der Waals surface area (Å²) in [5.41, 5.74) is 3.85. The molecule has 1 aliphatic carbocycles. The Bertz CT molecular complexity index is 374. The summed E-state index contributed by atoms with van der Waals surface area (Å²) in [6, 6.07) is 0. The number of carbonyl (C=O) groups excluding carboxylic acids is 2. The molecule has 1 rings (SSSR count). The molecule has 1 aliphatic rings. The number of carbonyl (C=O) groups is 2. The lowest BCUT2D eigenvalue weighted by atomic mass is 9.78. The molecular formula is C15H28N2O4. The van der Waals surface area contributed by atoms with Gasteiger partial charge in [-0.05, 0) is 46.5 Å². The fourth-order valence-electron chi connectivity index (χ4n) is 2.52. The van der Waals surface area contributed by atoms with E-state index in [-0.39, 0.29) is 17.8 Å². The Labute approximate surface area is 126 Å². The minimum absolute atomic E-state index is 0.104. The number of nitrogens with one attached hydrogen (secondary N) is 1. The predicted octanol–water partition coefficient (Wildman–Crippen LogP) is 0.572. The number of aliphatic hydroxyl groups is 1. The highest BCUT2D eigenvalue weighted by atomic mass is 16.5. The van der Waals surface area contributed by atoms with Crippen molar-refractivity contribution in [3.05, 3.63) is 0 Å². The normalized spacial score (nSPS) is 26.4. The van der Waals surface area contributed by atoms with Crippen LogP contribution < -0.4 is 11.1 Å². The summed E-state index contributed by atoms with van der Waals surface area (Å²) < 4.78 is 5.01. The fourth-order valence-corrected chi connectivity index (χ4v) is 2.52. The number of esters is 1. The van der Waals surface area contributed by atoms with Crippen LogP contribution in [-0.2, 0) is 14.3 Å². The maximum absolute atomic E-state index is 11.7. The number of rotatable bonds is 7. The molecule has 1 fully saturated rings. The molecule has 1 amide bonds. The number of nitrogens with two attached hydrogens (primary N) is 1. The first-order valence-corrected chi connectivity index (χ1v) is 7.60. The third-order valence-electron chi connectivity index (χ3n) is 4.22. The van der Waals surface area contributed by atoms with Crippen molar-refractivity contribution < 1.29 is 19.4 Å². The maximum Gasteiger partial charge on any atom is 0.308 e. The fraction of sp³-hybridized carbons (Fsp3) is 0.867. The number of primary amides is 1. The summed E-state index contributed by atoms with van der Waals surface area (Å²) in [6.07, 6.45) is 2.38. The maximum atomic E-state index is 11.7. The van der Waals surface area contributed by atoms with Gasteiger partial charge in [0, 0.05) is 13.1 Å². The monoisotopic (exact) mass is 300 g/mol. The minimum Gasteiger partial charge on any atom is -0.466 e. The van der Waals surface area contributed by atoms with Gasteiger partial charge in [0.25, 0.3) is 0 Å². The van der Waals surface area contributed by atoms with E-state index in [1.807, 2.05) is 0 Å². The van der Waals surface area contributed by atoms with Crippen molar-refractivity contribution in [3.63, 3.8) is 0 Å². The van der Waals surface area contributed by atoms with Crippen molar-refractivity contribution in [2.45, 2.75) is 52.1 Å². The van der Waals surface area contributed by atoms with Crippen LogP contribution in [0.3, 0.4) is 0 Å². The lowest BCUT2D eigenvalue weighted by Crippen LogP contribution is -2.48. The lowest BCUT2D eigenvalue weighted by Gasteiger charge is -2.36. The van der Waals surface area contributed by atoms with Gasteiger partial charge in [-0.15, -0.1) is 0 Å². The Morgan fingerprint density at radius 1 is 1.38 bits per heavy atom. The lowest BCUT2D eigenvalue weighted by molar-refractivity contribution is -0.151. The van der Waals surface area contributed by atoms with Crippen LogP contribution in [0.15, 0.2) is 0 Å². The van der Waals surface area contributed by atoms with Crippen molar-refractivity contribution >= 4 is 11.9 Å². The van der Waals surface area contributed by atoms with Gasteiger partial charge in [0.1, 0.15) is 0 Å². The Morgan fingerprint density at radius 2 is 1.95 bits per heavy atom. The van der Waals surface area contributed by atoms with Crippen molar-refractivity contribution in [2.75, 3.05) is 19.7 Å². The molecule has 6 nitrogen and oxygen atoms in total. The Kier molecular flexibility index (Phi) is 6.16. The summed E-state index contributed by atoms with van der Waals surface area (Å²) in [6.45, 7) is 6.55. The molecule has 0 radical (unpaired) electrons. The van der Waals surface area contributed by atoms with Gasteiger partial charge in [0.2, 0.25) is 5.91 Å². The number of amides is 1. The van der Waals surface area contributed by atoms with E-state index in [0.717, 1.165) is 0 Å². The van der Waals surface area contributed by atoms with E-state index < -0.39 is 11.0 Å². The standard InChI is InChI=1S/C15H28N2O4/c1-4-21-12(18)11-5-7-15(20,8-6-11)10-17-9-14(2,3)13(16)19/h11,17,20H,4-10H2,1-3H3,(H2,16,19). The van der Waals surface area contributed by atoms with E-state index in [9.17, 15) is 14.7 Å². The van der Waals surface area contributed by atoms with Crippen LogP contribution in [-0.4, -0.2) is 42.3 Å². The molecule has 0 spiro atoms. The molecule has 0 saturated heterocycles.